The minimum absolute atomic E-state index is 0.0657. The van der Waals surface area contributed by atoms with Crippen LogP contribution in [0.3, 0.4) is 0 Å². The molecule has 1 N–H and O–H groups in total. The van der Waals surface area contributed by atoms with Crippen molar-refractivity contribution in [3.05, 3.63) is 52.9 Å². The summed E-state index contributed by atoms with van der Waals surface area (Å²) in [5.74, 6) is 0.546. The fourth-order valence-electron chi connectivity index (χ4n) is 3.13. The van der Waals surface area contributed by atoms with Crippen molar-refractivity contribution in [3.63, 3.8) is 0 Å². The van der Waals surface area contributed by atoms with Crippen LogP contribution in [0.1, 0.15) is 40.7 Å². The van der Waals surface area contributed by atoms with Crippen LogP contribution in [0.15, 0.2) is 34.9 Å². The van der Waals surface area contributed by atoms with Gasteiger partial charge < -0.3 is 14.6 Å². The normalized spacial score (nSPS) is 16.4. The SMILES string of the molecule is Cc1onc(C(=O)N[C@@H](C)CCc2ccccc2)c1CN1CCOCC1. The summed E-state index contributed by atoms with van der Waals surface area (Å²) >= 11 is 0. The number of nitrogens with one attached hydrogen (secondary N) is 1. The quantitative estimate of drug-likeness (QED) is 0.825. The fourth-order valence-corrected chi connectivity index (χ4v) is 3.13. The van der Waals surface area contributed by atoms with Crippen LogP contribution in [0.4, 0.5) is 0 Å². The molecule has 140 valence electrons. The molecule has 1 amide bonds. The van der Waals surface area contributed by atoms with Crippen molar-refractivity contribution in [2.24, 2.45) is 0 Å². The topological polar surface area (TPSA) is 67.6 Å². The van der Waals surface area contributed by atoms with E-state index in [9.17, 15) is 4.79 Å². The molecule has 0 radical (unpaired) electrons. The minimum atomic E-state index is -0.161. The van der Waals surface area contributed by atoms with Gasteiger partial charge in [0.25, 0.3) is 5.91 Å². The van der Waals surface area contributed by atoms with Gasteiger partial charge in [-0.3, -0.25) is 9.69 Å². The summed E-state index contributed by atoms with van der Waals surface area (Å²) in [6, 6.07) is 10.4. The molecule has 3 rings (SSSR count). The van der Waals surface area contributed by atoms with Crippen molar-refractivity contribution in [1.29, 1.82) is 0 Å². The third-order valence-electron chi connectivity index (χ3n) is 4.77. The van der Waals surface area contributed by atoms with E-state index < -0.39 is 0 Å². The van der Waals surface area contributed by atoms with E-state index in [1.807, 2.05) is 32.0 Å². The fraction of sp³-hybridized carbons (Fsp3) is 0.500. The number of nitrogens with zero attached hydrogens (tertiary/aromatic N) is 2. The first kappa shape index (κ1) is 18.6. The van der Waals surface area contributed by atoms with Crippen molar-refractivity contribution in [1.82, 2.24) is 15.4 Å². The van der Waals surface area contributed by atoms with Gasteiger partial charge in [-0.25, -0.2) is 0 Å². The van der Waals surface area contributed by atoms with Crippen LogP contribution in [0, 0.1) is 6.92 Å². The number of rotatable bonds is 7. The van der Waals surface area contributed by atoms with Crippen LogP contribution < -0.4 is 5.32 Å². The molecule has 0 saturated carbocycles. The van der Waals surface area contributed by atoms with Gasteiger partial charge in [0.1, 0.15) is 5.76 Å². The van der Waals surface area contributed by atoms with E-state index >= 15 is 0 Å². The first-order valence-corrected chi connectivity index (χ1v) is 9.23. The van der Waals surface area contributed by atoms with Crippen LogP contribution in [-0.4, -0.2) is 48.3 Å². The maximum Gasteiger partial charge on any atom is 0.274 e. The molecule has 6 nitrogen and oxygen atoms in total. The lowest BCUT2D eigenvalue weighted by atomic mass is 10.1. The molecule has 1 aliphatic rings. The molecule has 1 aromatic heterocycles. The summed E-state index contributed by atoms with van der Waals surface area (Å²) in [5, 5.41) is 7.06. The zero-order chi connectivity index (χ0) is 18.4. The first-order valence-electron chi connectivity index (χ1n) is 9.23. The zero-order valence-corrected chi connectivity index (χ0v) is 15.5. The molecule has 6 heteroatoms. The smallest absolute Gasteiger partial charge is 0.274 e. The molecule has 0 unspecified atom stereocenters. The summed E-state index contributed by atoms with van der Waals surface area (Å²) in [6.07, 6.45) is 1.81. The molecule has 0 aliphatic carbocycles. The average Bonchev–Trinajstić information content (AvgIpc) is 3.02. The second kappa shape index (κ2) is 8.96. The third kappa shape index (κ3) is 4.93. The molecule has 1 aromatic carbocycles. The Morgan fingerprint density at radius 2 is 2.00 bits per heavy atom. The van der Waals surface area contributed by atoms with E-state index in [-0.39, 0.29) is 11.9 Å². The van der Waals surface area contributed by atoms with Crippen LogP contribution >= 0.6 is 0 Å². The maximum atomic E-state index is 12.7. The monoisotopic (exact) mass is 357 g/mol. The van der Waals surface area contributed by atoms with Gasteiger partial charge >= 0.3 is 0 Å². The van der Waals surface area contributed by atoms with E-state index in [0.29, 0.717) is 18.0 Å². The van der Waals surface area contributed by atoms with Gasteiger partial charge in [0, 0.05) is 31.2 Å². The highest BCUT2D eigenvalue weighted by molar-refractivity contribution is 5.93. The molecule has 1 saturated heterocycles. The highest BCUT2D eigenvalue weighted by Crippen LogP contribution is 2.17. The molecule has 1 fully saturated rings. The Labute approximate surface area is 154 Å². The number of hydrogen-bond donors (Lipinski definition) is 1. The lowest BCUT2D eigenvalue weighted by Gasteiger charge is -2.26. The number of benzene rings is 1. The maximum absolute atomic E-state index is 12.7. The molecule has 26 heavy (non-hydrogen) atoms. The number of ether oxygens (including phenoxy) is 1. The molecular weight excluding hydrogens is 330 g/mol. The standard InChI is InChI=1S/C20H27N3O3/c1-15(8-9-17-6-4-3-5-7-17)21-20(24)19-18(16(2)26-22-19)14-23-10-12-25-13-11-23/h3-7,15H,8-14H2,1-2H3,(H,21,24)/t15-/m0/s1. The highest BCUT2D eigenvalue weighted by atomic mass is 16.5. The lowest BCUT2D eigenvalue weighted by molar-refractivity contribution is 0.0339. The van der Waals surface area contributed by atoms with Crippen LogP contribution in [-0.2, 0) is 17.7 Å². The molecule has 1 atom stereocenters. The molecular formula is C20H27N3O3. The van der Waals surface area contributed by atoms with Crippen molar-refractivity contribution >= 4 is 5.91 Å². The predicted octanol–water partition coefficient (Wildman–Crippen LogP) is 2.57. The number of carbonyl (C=O) groups is 1. The zero-order valence-electron chi connectivity index (χ0n) is 15.5. The van der Waals surface area contributed by atoms with Gasteiger partial charge in [-0.05, 0) is 32.3 Å². The Bertz CT molecular complexity index is 708. The summed E-state index contributed by atoms with van der Waals surface area (Å²) < 4.78 is 10.7. The van der Waals surface area contributed by atoms with Gasteiger partial charge in [0.15, 0.2) is 5.69 Å². The van der Waals surface area contributed by atoms with Gasteiger partial charge in [-0.15, -0.1) is 0 Å². The molecule has 2 heterocycles. The summed E-state index contributed by atoms with van der Waals surface area (Å²) in [6.45, 7) is 7.72. The van der Waals surface area contributed by atoms with Gasteiger partial charge in [0.2, 0.25) is 0 Å². The summed E-state index contributed by atoms with van der Waals surface area (Å²) in [7, 11) is 0. The van der Waals surface area contributed by atoms with E-state index in [4.69, 9.17) is 9.26 Å². The van der Waals surface area contributed by atoms with Crippen molar-refractivity contribution in [2.75, 3.05) is 26.3 Å². The Morgan fingerprint density at radius 3 is 2.73 bits per heavy atom. The van der Waals surface area contributed by atoms with Gasteiger partial charge in [-0.2, -0.15) is 0 Å². The Kier molecular flexibility index (Phi) is 6.41. The van der Waals surface area contributed by atoms with E-state index in [0.717, 1.165) is 44.7 Å². The first-order chi connectivity index (χ1) is 12.6. The van der Waals surface area contributed by atoms with Crippen molar-refractivity contribution in [2.45, 2.75) is 39.3 Å². The molecule has 2 aromatic rings. The molecule has 0 bridgehead atoms. The molecule has 0 spiro atoms. The van der Waals surface area contributed by atoms with E-state index in [2.05, 4.69) is 27.5 Å². The van der Waals surface area contributed by atoms with E-state index in [1.165, 1.54) is 5.56 Å². The van der Waals surface area contributed by atoms with E-state index in [1.54, 1.807) is 0 Å². The highest BCUT2D eigenvalue weighted by Gasteiger charge is 2.23. The predicted molar refractivity (Wildman–Crippen MR) is 99.0 cm³/mol. The third-order valence-corrected chi connectivity index (χ3v) is 4.77. The minimum Gasteiger partial charge on any atom is -0.379 e. The van der Waals surface area contributed by atoms with Gasteiger partial charge in [0.05, 0.1) is 13.2 Å². The number of morpholine rings is 1. The number of hydrogen-bond acceptors (Lipinski definition) is 5. The van der Waals surface area contributed by atoms with Crippen LogP contribution in [0.2, 0.25) is 0 Å². The Balaban J connectivity index is 1.57. The van der Waals surface area contributed by atoms with Crippen LogP contribution in [0.25, 0.3) is 0 Å². The lowest BCUT2D eigenvalue weighted by Crippen LogP contribution is -2.37. The number of amides is 1. The largest absolute Gasteiger partial charge is 0.379 e. The van der Waals surface area contributed by atoms with Gasteiger partial charge in [-0.1, -0.05) is 35.5 Å². The van der Waals surface area contributed by atoms with Crippen LogP contribution in [0.5, 0.6) is 0 Å². The number of aromatic nitrogens is 1. The Hall–Kier alpha value is -2.18. The second-order valence-electron chi connectivity index (χ2n) is 6.85. The number of aryl methyl sites for hydroxylation is 2. The second-order valence-corrected chi connectivity index (χ2v) is 6.85. The average molecular weight is 357 g/mol. The Morgan fingerprint density at radius 1 is 1.27 bits per heavy atom. The number of carbonyl (C=O) groups excluding carboxylic acids is 1. The van der Waals surface area contributed by atoms with Crippen molar-refractivity contribution < 1.29 is 14.1 Å². The van der Waals surface area contributed by atoms with Crippen molar-refractivity contribution in [3.8, 4) is 0 Å². The summed E-state index contributed by atoms with van der Waals surface area (Å²) in [5.41, 5.74) is 2.55. The molecule has 1 aliphatic heterocycles. The summed E-state index contributed by atoms with van der Waals surface area (Å²) in [4.78, 5) is 14.9.